The number of nitrogens with one attached hydrogen (secondary N) is 2. The molecule has 50 heavy (non-hydrogen) atoms. The molecule has 4 heterocycles. The minimum Gasteiger partial charge on any atom is -0.479 e. The number of allylic oxidation sites excluding steroid dienone is 1. The monoisotopic (exact) mass is 701 g/mol. The highest BCUT2D eigenvalue weighted by atomic mass is 32.1. The third-order valence-corrected chi connectivity index (χ3v) is 10.3. The van der Waals surface area contributed by atoms with Gasteiger partial charge >= 0.3 is 12.1 Å². The molecule has 0 unspecified atom stereocenters. The lowest BCUT2D eigenvalue weighted by Crippen LogP contribution is -2.56. The van der Waals surface area contributed by atoms with E-state index in [-0.39, 0.29) is 30.9 Å². The number of aromatic nitrogens is 2. The Bertz CT molecular complexity index is 1830. The lowest BCUT2D eigenvalue weighted by molar-refractivity contribution is -0.145. The number of alkyl carbamates (subject to hydrolysis) is 1. The molecule has 1 aromatic carbocycles. The van der Waals surface area contributed by atoms with Crippen molar-refractivity contribution in [3.8, 4) is 22.3 Å². The number of thiophene rings is 1. The lowest BCUT2D eigenvalue weighted by atomic mass is 9.99. The second-order valence-electron chi connectivity index (χ2n) is 14.3. The summed E-state index contributed by atoms with van der Waals surface area (Å²) in [7, 11) is 0. The number of fused-ring (bicyclic) bond motifs is 2. The predicted octanol–water partition coefficient (Wildman–Crippen LogP) is 5.15. The molecule has 0 bridgehead atoms. The number of nitrogens with zero attached hydrogens (tertiary/aromatic N) is 3. The van der Waals surface area contributed by atoms with Crippen molar-refractivity contribution < 1.29 is 29.0 Å². The van der Waals surface area contributed by atoms with E-state index < -0.39 is 53.1 Å². The van der Waals surface area contributed by atoms with Crippen LogP contribution in [0.15, 0.2) is 70.3 Å². The summed E-state index contributed by atoms with van der Waals surface area (Å²) < 4.78 is 6.81. The van der Waals surface area contributed by atoms with E-state index >= 15 is 0 Å². The van der Waals surface area contributed by atoms with Crippen LogP contribution < -0.4 is 16.2 Å². The number of benzene rings is 1. The van der Waals surface area contributed by atoms with Crippen molar-refractivity contribution in [2.75, 3.05) is 6.54 Å². The highest BCUT2D eigenvalue weighted by Gasteiger charge is 2.61. The van der Waals surface area contributed by atoms with Crippen LogP contribution in [-0.2, 0) is 19.1 Å². The summed E-state index contributed by atoms with van der Waals surface area (Å²) in [5, 5.41) is 24.1. The molecule has 0 radical (unpaired) electrons. The minimum atomic E-state index is -1.48. The Hall–Kier alpha value is -4.78. The smallest absolute Gasteiger partial charge is 0.408 e. The second kappa shape index (κ2) is 14.2. The number of carboxylic acid groups (broad SMARTS) is 1. The normalized spacial score (nSPS) is 26.4. The van der Waals surface area contributed by atoms with Crippen LogP contribution in [0.1, 0.15) is 71.8 Å². The molecule has 3 aliphatic rings. The standard InChI is InChI=1S/C37H43N5O7S/c1-36(2,3)49-35(48)39-28-15-11-6-4-5-10-14-25-19-37(25,34(46)47)40-31(43)29-18-26(21-41(29)32(28)44)42-33(45)30(24-16-17-50-22-24)27(20-38-42)23-12-8-7-9-13-23/h7-10,12-14,16-17,20,22,25-26,28-29H,4-6,11,15,18-19,21H2,1-3H3,(H,39,48)(H,40,43)(H,46,47)/b14-10-/t25-,26-,28+,29+,37-/m1/s1. The summed E-state index contributed by atoms with van der Waals surface area (Å²) in [5.74, 6) is -2.65. The van der Waals surface area contributed by atoms with Gasteiger partial charge in [-0.15, -0.1) is 0 Å². The van der Waals surface area contributed by atoms with E-state index in [1.54, 1.807) is 27.0 Å². The minimum absolute atomic E-state index is 0.0214. The summed E-state index contributed by atoms with van der Waals surface area (Å²) in [6.45, 7) is 5.13. The average Bonchev–Trinajstić information content (AvgIpc) is 3.38. The van der Waals surface area contributed by atoms with Crippen LogP contribution in [0, 0.1) is 5.92 Å². The fourth-order valence-electron chi connectivity index (χ4n) is 6.95. The number of hydrogen-bond donors (Lipinski definition) is 3. The molecule has 2 aromatic heterocycles. The van der Waals surface area contributed by atoms with Crippen LogP contribution in [0.5, 0.6) is 0 Å². The first-order chi connectivity index (χ1) is 23.9. The van der Waals surface area contributed by atoms with E-state index in [2.05, 4.69) is 15.7 Å². The molecule has 3 aromatic rings. The first-order valence-corrected chi connectivity index (χ1v) is 18.0. The topological polar surface area (TPSA) is 160 Å². The van der Waals surface area contributed by atoms with Crippen LogP contribution in [0.2, 0.25) is 0 Å². The summed E-state index contributed by atoms with van der Waals surface area (Å²) in [6.07, 6.45) is 8.20. The Labute approximate surface area is 294 Å². The molecule has 264 valence electrons. The van der Waals surface area contributed by atoms with Crippen molar-refractivity contribution in [2.45, 2.75) is 95.0 Å². The number of hydrogen-bond acceptors (Lipinski definition) is 8. The fraction of sp³-hybridized carbons (Fsp3) is 0.459. The molecule has 6 rings (SSSR count). The number of carbonyl (C=O) groups excluding carboxylic acids is 3. The van der Waals surface area contributed by atoms with Gasteiger partial charge in [-0.3, -0.25) is 14.4 Å². The van der Waals surface area contributed by atoms with Crippen LogP contribution >= 0.6 is 11.3 Å². The van der Waals surface area contributed by atoms with E-state index in [0.29, 0.717) is 24.0 Å². The zero-order valence-corrected chi connectivity index (χ0v) is 29.3. The molecule has 2 fully saturated rings. The lowest BCUT2D eigenvalue weighted by Gasteiger charge is -2.30. The van der Waals surface area contributed by atoms with Crippen LogP contribution in [0.25, 0.3) is 22.3 Å². The van der Waals surface area contributed by atoms with Crippen molar-refractivity contribution in [1.29, 1.82) is 0 Å². The van der Waals surface area contributed by atoms with Gasteiger partial charge in [0.05, 0.1) is 17.8 Å². The SMILES string of the molecule is CC(C)(C)OC(=O)N[C@H]1CCCCC/C=C\[C@@H]2C[C@@]2(C(=O)O)NC(=O)[C@@H]2C[C@@H](n3ncc(-c4ccccc4)c(-c4ccsc4)c3=O)CN2C1=O. The van der Waals surface area contributed by atoms with Gasteiger partial charge in [0.15, 0.2) is 0 Å². The highest BCUT2D eigenvalue weighted by molar-refractivity contribution is 7.08. The third-order valence-electron chi connectivity index (χ3n) is 9.57. The maximum atomic E-state index is 14.4. The molecule has 13 heteroatoms. The van der Waals surface area contributed by atoms with Gasteiger partial charge in [0.2, 0.25) is 11.8 Å². The maximum absolute atomic E-state index is 14.4. The molecule has 1 saturated heterocycles. The van der Waals surface area contributed by atoms with Crippen molar-refractivity contribution in [3.63, 3.8) is 0 Å². The van der Waals surface area contributed by atoms with E-state index in [4.69, 9.17) is 4.74 Å². The highest BCUT2D eigenvalue weighted by Crippen LogP contribution is 2.45. The number of carbonyl (C=O) groups is 4. The molecule has 3 N–H and O–H groups in total. The molecule has 0 spiro atoms. The average molecular weight is 702 g/mol. The van der Waals surface area contributed by atoms with Crippen molar-refractivity contribution in [1.82, 2.24) is 25.3 Å². The van der Waals surface area contributed by atoms with E-state index in [0.717, 1.165) is 30.4 Å². The largest absolute Gasteiger partial charge is 0.479 e. The summed E-state index contributed by atoms with van der Waals surface area (Å²) in [4.78, 5) is 69.6. The van der Waals surface area contributed by atoms with E-state index in [9.17, 15) is 29.1 Å². The van der Waals surface area contributed by atoms with Gasteiger partial charge in [0.25, 0.3) is 5.56 Å². The van der Waals surface area contributed by atoms with Crippen molar-refractivity contribution in [2.24, 2.45) is 5.92 Å². The van der Waals surface area contributed by atoms with Gasteiger partial charge in [-0.05, 0) is 74.4 Å². The quantitative estimate of drug-likeness (QED) is 0.308. The predicted molar refractivity (Wildman–Crippen MR) is 188 cm³/mol. The maximum Gasteiger partial charge on any atom is 0.408 e. The van der Waals surface area contributed by atoms with Gasteiger partial charge in [-0.2, -0.15) is 16.4 Å². The molecule has 2 aliphatic heterocycles. The fourth-order valence-corrected chi connectivity index (χ4v) is 7.60. The van der Waals surface area contributed by atoms with Gasteiger partial charge in [0.1, 0.15) is 23.2 Å². The molecule has 3 amide bonds. The van der Waals surface area contributed by atoms with Gasteiger partial charge < -0.3 is 25.4 Å². The molecule has 1 saturated carbocycles. The number of rotatable bonds is 5. The Morgan fingerprint density at radius 3 is 2.56 bits per heavy atom. The zero-order valence-electron chi connectivity index (χ0n) is 28.5. The zero-order chi connectivity index (χ0) is 35.6. The first kappa shape index (κ1) is 35.1. The Balaban J connectivity index is 1.38. The molecular formula is C37H43N5O7S. The van der Waals surface area contributed by atoms with Crippen molar-refractivity contribution >= 4 is 35.2 Å². The van der Waals surface area contributed by atoms with Gasteiger partial charge in [-0.25, -0.2) is 14.3 Å². The Morgan fingerprint density at radius 1 is 1.08 bits per heavy atom. The molecular weight excluding hydrogens is 659 g/mol. The number of ether oxygens (including phenoxy) is 1. The van der Waals surface area contributed by atoms with Crippen LogP contribution in [0.4, 0.5) is 4.79 Å². The number of aliphatic carboxylic acids is 1. The summed E-state index contributed by atoms with van der Waals surface area (Å²) >= 11 is 1.46. The van der Waals surface area contributed by atoms with E-state index in [1.807, 2.05) is 59.3 Å². The Morgan fingerprint density at radius 2 is 1.86 bits per heavy atom. The second-order valence-corrected chi connectivity index (χ2v) is 15.1. The van der Waals surface area contributed by atoms with Crippen LogP contribution in [-0.4, -0.2) is 73.4 Å². The van der Waals surface area contributed by atoms with Gasteiger partial charge in [-0.1, -0.05) is 55.3 Å². The van der Waals surface area contributed by atoms with Crippen LogP contribution in [0.3, 0.4) is 0 Å². The van der Waals surface area contributed by atoms with Crippen molar-refractivity contribution in [3.05, 3.63) is 75.9 Å². The van der Waals surface area contributed by atoms with E-state index in [1.165, 1.54) is 20.9 Å². The number of amides is 3. The molecule has 12 nitrogen and oxygen atoms in total. The van der Waals surface area contributed by atoms with Gasteiger partial charge in [0, 0.05) is 24.4 Å². The molecule has 1 aliphatic carbocycles. The first-order valence-electron chi connectivity index (χ1n) is 17.1. The number of carboxylic acids is 1. The summed E-state index contributed by atoms with van der Waals surface area (Å²) in [5.41, 5.74) is 0.0117. The molecule has 5 atom stereocenters. The Kier molecular flexibility index (Phi) is 9.97. The summed E-state index contributed by atoms with van der Waals surface area (Å²) in [6, 6.07) is 8.51. The third kappa shape index (κ3) is 7.37.